The van der Waals surface area contributed by atoms with Gasteiger partial charge in [0.1, 0.15) is 13.0 Å². The molecule has 1 atom stereocenters. The van der Waals surface area contributed by atoms with Gasteiger partial charge in [-0.2, -0.15) is 5.26 Å². The third-order valence-electron chi connectivity index (χ3n) is 6.18. The number of thiocarbonyl (C=S) groups is 2. The number of thioether (sulfide) groups is 3. The van der Waals surface area contributed by atoms with Crippen LogP contribution in [0.4, 0.5) is 0 Å². The van der Waals surface area contributed by atoms with E-state index in [2.05, 4.69) is 13.0 Å². The van der Waals surface area contributed by atoms with E-state index >= 15 is 0 Å². The molecule has 0 heterocycles. The summed E-state index contributed by atoms with van der Waals surface area (Å²) >= 11 is 14.8. The second kappa shape index (κ2) is 23.3. The van der Waals surface area contributed by atoms with E-state index in [0.717, 1.165) is 14.8 Å². The Hall–Kier alpha value is -1.12. The summed E-state index contributed by atoms with van der Waals surface area (Å²) in [6, 6.07) is 11.8. The van der Waals surface area contributed by atoms with E-state index < -0.39 is 21.4 Å². The Bertz CT molecular complexity index is 965. The number of unbranched alkanes of at least 4 members (excludes halogenated alkanes) is 9. The normalized spacial score (nSPS) is 12.4. The van der Waals surface area contributed by atoms with Crippen molar-refractivity contribution >= 4 is 79.4 Å². The smallest absolute Gasteiger partial charge is 0.319 e. The fourth-order valence-corrected chi connectivity index (χ4v) is 8.22. The van der Waals surface area contributed by atoms with Crippen LogP contribution in [-0.2, 0) is 9.59 Å². The summed E-state index contributed by atoms with van der Waals surface area (Å²) in [7, 11) is 0. The summed E-state index contributed by atoms with van der Waals surface area (Å²) < 4.78 is -0.0761. The Morgan fingerprint density at radius 3 is 1.88 bits per heavy atom. The lowest BCUT2D eigenvalue weighted by Crippen LogP contribution is -2.28. The summed E-state index contributed by atoms with van der Waals surface area (Å²) in [6.07, 6.45) is 14.4. The minimum absolute atomic E-state index is 0.0793. The van der Waals surface area contributed by atoms with Crippen LogP contribution in [0.3, 0.4) is 0 Å². The third kappa shape index (κ3) is 21.3. The van der Waals surface area contributed by atoms with Crippen LogP contribution in [0.1, 0.15) is 117 Å². The van der Waals surface area contributed by atoms with Crippen molar-refractivity contribution in [3.8, 4) is 6.07 Å². The second-order valence-corrected chi connectivity index (χ2v) is 16.6. The molecule has 0 aliphatic carbocycles. The molecule has 2 N–H and O–H groups in total. The van der Waals surface area contributed by atoms with E-state index in [-0.39, 0.29) is 6.42 Å². The van der Waals surface area contributed by atoms with Gasteiger partial charge in [0.05, 0.1) is 10.3 Å². The molecule has 41 heavy (non-hydrogen) atoms. The van der Waals surface area contributed by atoms with Crippen molar-refractivity contribution in [3.05, 3.63) is 35.9 Å². The van der Waals surface area contributed by atoms with Crippen LogP contribution < -0.4 is 0 Å². The minimum atomic E-state index is -0.837. The lowest BCUT2D eigenvalue weighted by molar-refractivity contribution is -0.139. The number of nitrogens with zero attached hydrogens (tertiary/aromatic N) is 1. The van der Waals surface area contributed by atoms with Crippen LogP contribution in [0.2, 0.25) is 0 Å². The van der Waals surface area contributed by atoms with Gasteiger partial charge < -0.3 is 10.2 Å². The van der Waals surface area contributed by atoms with E-state index in [1.54, 1.807) is 32.5 Å². The molecule has 0 saturated carbocycles. The summed E-state index contributed by atoms with van der Waals surface area (Å²) in [6.45, 7) is 7.46. The standard InChI is InChI=1S/C17H32O2S3.C14H15NO2S2/c1-4-5-6-7-8-9-10-11-12-13-14-21-16(20)22-17(2,3)15(18)19;1-14(10-15,9-5-8-12(16)17)19-13(18)11-6-3-2-4-7-11/h4-14H2,1-3H3,(H,18,19);2-4,6-7H,5,8-9H2,1H3,(H,16,17). The van der Waals surface area contributed by atoms with E-state index in [4.69, 9.17) is 34.6 Å². The molecule has 5 nitrogen and oxygen atoms in total. The molecule has 0 amide bonds. The van der Waals surface area contributed by atoms with Gasteiger partial charge in [0.2, 0.25) is 0 Å². The van der Waals surface area contributed by atoms with Crippen LogP contribution in [0.15, 0.2) is 30.3 Å². The number of benzene rings is 1. The maximum Gasteiger partial charge on any atom is 0.319 e. The lowest BCUT2D eigenvalue weighted by Gasteiger charge is -2.20. The van der Waals surface area contributed by atoms with E-state index in [0.29, 0.717) is 17.0 Å². The number of hydrogen-bond acceptors (Lipinski definition) is 8. The highest BCUT2D eigenvalue weighted by Gasteiger charge is 2.29. The first-order chi connectivity index (χ1) is 19.4. The molecule has 0 aromatic heterocycles. The predicted molar refractivity (Wildman–Crippen MR) is 187 cm³/mol. The van der Waals surface area contributed by atoms with Crippen molar-refractivity contribution < 1.29 is 19.8 Å². The zero-order valence-electron chi connectivity index (χ0n) is 25.0. The van der Waals surface area contributed by atoms with Crippen molar-refractivity contribution in [1.29, 1.82) is 5.26 Å². The van der Waals surface area contributed by atoms with Crippen LogP contribution >= 0.6 is 59.7 Å². The van der Waals surface area contributed by atoms with Crippen LogP contribution in [0.25, 0.3) is 0 Å². The second-order valence-electron chi connectivity index (χ2n) is 10.5. The first-order valence-electron chi connectivity index (χ1n) is 14.4. The number of nitriles is 1. The van der Waals surface area contributed by atoms with Gasteiger partial charge in [0, 0.05) is 6.42 Å². The van der Waals surface area contributed by atoms with Gasteiger partial charge in [-0.15, -0.1) is 11.8 Å². The van der Waals surface area contributed by atoms with Crippen LogP contribution in [0, 0.1) is 11.3 Å². The molecule has 0 spiro atoms. The zero-order valence-corrected chi connectivity index (χ0v) is 29.1. The summed E-state index contributed by atoms with van der Waals surface area (Å²) in [5.41, 5.74) is 0.919. The highest BCUT2D eigenvalue weighted by atomic mass is 32.2. The van der Waals surface area contributed by atoms with Gasteiger partial charge in [-0.05, 0) is 51.3 Å². The van der Waals surface area contributed by atoms with Crippen molar-refractivity contribution in [2.24, 2.45) is 0 Å². The number of carbonyl (C=O) groups is 2. The summed E-state index contributed by atoms with van der Waals surface area (Å²) in [5, 5.41) is 27.0. The molecule has 0 aliphatic heterocycles. The molecular formula is C31H47NO4S5. The van der Waals surface area contributed by atoms with Gasteiger partial charge in [-0.1, -0.05) is 143 Å². The molecule has 1 aromatic rings. The van der Waals surface area contributed by atoms with Gasteiger partial charge in [0.25, 0.3) is 0 Å². The molecular weight excluding hydrogens is 611 g/mol. The van der Waals surface area contributed by atoms with Gasteiger partial charge >= 0.3 is 11.9 Å². The fraction of sp³-hybridized carbons (Fsp3) is 0.645. The Kier molecular flexibility index (Phi) is 22.7. The van der Waals surface area contributed by atoms with E-state index in [1.807, 2.05) is 30.3 Å². The average molecular weight is 658 g/mol. The Labute approximate surface area is 271 Å². The van der Waals surface area contributed by atoms with Crippen LogP contribution in [0.5, 0.6) is 0 Å². The number of carboxylic acid groups (broad SMARTS) is 2. The average Bonchev–Trinajstić information content (AvgIpc) is 2.92. The van der Waals surface area contributed by atoms with Gasteiger partial charge in [-0.3, -0.25) is 9.59 Å². The first kappa shape index (κ1) is 39.9. The highest BCUT2D eigenvalue weighted by Crippen LogP contribution is 2.33. The minimum Gasteiger partial charge on any atom is -0.481 e. The van der Waals surface area contributed by atoms with Gasteiger partial charge in [-0.25, -0.2) is 0 Å². The molecule has 230 valence electrons. The predicted octanol–water partition coefficient (Wildman–Crippen LogP) is 10.2. The SMILES string of the molecule is CC(C#N)(CCCC(=O)O)SC(=S)c1ccccc1.CCCCCCCCCCCCSC(=S)SC(C)(C)C(=O)O. The fourth-order valence-electron chi connectivity index (χ4n) is 3.57. The topological polar surface area (TPSA) is 98.4 Å². The summed E-state index contributed by atoms with van der Waals surface area (Å²) in [5.74, 6) is -0.631. The largest absolute Gasteiger partial charge is 0.481 e. The number of rotatable bonds is 19. The molecule has 10 heteroatoms. The van der Waals surface area contributed by atoms with Crippen molar-refractivity contribution in [2.45, 2.75) is 121 Å². The monoisotopic (exact) mass is 657 g/mol. The van der Waals surface area contributed by atoms with Crippen LogP contribution in [-0.4, -0.2) is 45.1 Å². The Morgan fingerprint density at radius 1 is 0.854 bits per heavy atom. The van der Waals surface area contributed by atoms with Crippen molar-refractivity contribution in [2.75, 3.05) is 5.75 Å². The number of aliphatic carboxylic acids is 2. The number of hydrogen-bond donors (Lipinski definition) is 2. The van der Waals surface area contributed by atoms with Crippen molar-refractivity contribution in [1.82, 2.24) is 0 Å². The maximum atomic E-state index is 11.0. The molecule has 0 aliphatic rings. The molecule has 1 rings (SSSR count). The van der Waals surface area contributed by atoms with Gasteiger partial charge in [0.15, 0.2) is 0 Å². The zero-order chi connectivity index (χ0) is 31.2. The summed E-state index contributed by atoms with van der Waals surface area (Å²) in [4.78, 5) is 21.5. The van der Waals surface area contributed by atoms with Crippen molar-refractivity contribution in [3.63, 3.8) is 0 Å². The molecule has 1 aromatic carbocycles. The van der Waals surface area contributed by atoms with E-state index in [9.17, 15) is 14.9 Å². The Balaban J connectivity index is 0.000000788. The lowest BCUT2D eigenvalue weighted by atomic mass is 10.1. The quantitative estimate of drug-likeness (QED) is 0.110. The first-order valence-corrected chi connectivity index (χ1v) is 17.8. The molecule has 0 bridgehead atoms. The number of carboxylic acids is 2. The third-order valence-corrected chi connectivity index (χ3v) is 10.6. The maximum absolute atomic E-state index is 11.0. The molecule has 0 radical (unpaired) electrons. The molecule has 1 unspecified atom stereocenters. The molecule has 0 saturated heterocycles. The highest BCUT2D eigenvalue weighted by molar-refractivity contribution is 8.47. The molecule has 0 fully saturated rings. The van der Waals surface area contributed by atoms with E-state index in [1.165, 1.54) is 87.7 Å². The Morgan fingerprint density at radius 2 is 1.39 bits per heavy atom.